The van der Waals surface area contributed by atoms with Gasteiger partial charge in [-0.15, -0.1) is 0 Å². The first-order chi connectivity index (χ1) is 9.20. The summed E-state index contributed by atoms with van der Waals surface area (Å²) in [4.78, 5) is 13.6. The zero-order valence-electron chi connectivity index (χ0n) is 11.6. The number of benzene rings is 1. The topological polar surface area (TPSA) is 29.5 Å². The normalized spacial score (nSPS) is 20.8. The summed E-state index contributed by atoms with van der Waals surface area (Å²) in [6.45, 7) is 5.40. The number of allylic oxidation sites excluding steroid dienone is 1. The molecule has 0 spiro atoms. The minimum atomic E-state index is -0.220. The lowest BCUT2D eigenvalue weighted by atomic mass is 10.1. The van der Waals surface area contributed by atoms with Crippen molar-refractivity contribution < 1.29 is 9.53 Å². The molecule has 0 saturated carbocycles. The van der Waals surface area contributed by atoms with E-state index in [1.54, 1.807) is 4.90 Å². The quantitative estimate of drug-likeness (QED) is 0.756. The molecular formula is C16H21NO2. The fraction of sp³-hybridized carbons (Fsp3) is 0.438. The number of cyclic esters (lactones) is 1. The molecule has 0 radical (unpaired) electrons. The number of amides is 1. The van der Waals surface area contributed by atoms with Gasteiger partial charge in [0.15, 0.2) is 0 Å². The number of carbonyl (C=O) groups is 1. The third kappa shape index (κ3) is 3.60. The smallest absolute Gasteiger partial charge is 0.410 e. The molecule has 0 N–H and O–H groups in total. The van der Waals surface area contributed by atoms with E-state index in [9.17, 15) is 4.79 Å². The molecule has 1 amide bonds. The number of rotatable bonds is 5. The van der Waals surface area contributed by atoms with E-state index in [4.69, 9.17) is 4.74 Å². The molecule has 3 heteroatoms. The van der Waals surface area contributed by atoms with Gasteiger partial charge in [0.1, 0.15) is 6.61 Å². The van der Waals surface area contributed by atoms with Crippen LogP contribution < -0.4 is 0 Å². The molecular weight excluding hydrogens is 238 g/mol. The second-order valence-corrected chi connectivity index (χ2v) is 5.03. The molecule has 0 aromatic heterocycles. The number of ether oxygens (including phenoxy) is 1. The van der Waals surface area contributed by atoms with Gasteiger partial charge in [0.05, 0.1) is 6.04 Å². The van der Waals surface area contributed by atoms with E-state index >= 15 is 0 Å². The van der Waals surface area contributed by atoms with E-state index in [0.717, 1.165) is 12.0 Å². The fourth-order valence-corrected chi connectivity index (χ4v) is 2.04. The summed E-state index contributed by atoms with van der Waals surface area (Å²) in [5, 5.41) is 0. The zero-order valence-corrected chi connectivity index (χ0v) is 11.6. The van der Waals surface area contributed by atoms with Crippen LogP contribution in [-0.2, 0) is 11.3 Å². The van der Waals surface area contributed by atoms with Crippen molar-refractivity contribution in [3.63, 3.8) is 0 Å². The van der Waals surface area contributed by atoms with E-state index in [1.807, 2.05) is 30.3 Å². The molecule has 1 saturated heterocycles. The highest BCUT2D eigenvalue weighted by Gasteiger charge is 2.30. The van der Waals surface area contributed by atoms with E-state index in [1.165, 1.54) is 0 Å². The lowest BCUT2D eigenvalue weighted by Gasteiger charge is -2.19. The van der Waals surface area contributed by atoms with Crippen LogP contribution in [0, 0.1) is 5.92 Å². The Morgan fingerprint density at radius 2 is 2.16 bits per heavy atom. The maximum atomic E-state index is 11.8. The standard InChI is InChI=1S/C16H21NO2/c1-3-13(2)9-10-15-12-19-16(18)17(15)11-14-7-5-4-6-8-14/h4-10,13,15H,3,11-12H2,1-2H3/b10-9+/t13-,15-/m0/s1. The minimum Gasteiger partial charge on any atom is -0.447 e. The average molecular weight is 259 g/mol. The van der Waals surface area contributed by atoms with Crippen LogP contribution in [0.3, 0.4) is 0 Å². The lowest BCUT2D eigenvalue weighted by Crippen LogP contribution is -2.31. The molecule has 19 heavy (non-hydrogen) atoms. The Bertz CT molecular complexity index is 441. The van der Waals surface area contributed by atoms with Crippen LogP contribution in [0.15, 0.2) is 42.5 Å². The van der Waals surface area contributed by atoms with Crippen molar-refractivity contribution in [3.8, 4) is 0 Å². The third-order valence-electron chi connectivity index (χ3n) is 3.51. The highest BCUT2D eigenvalue weighted by Crippen LogP contribution is 2.18. The second-order valence-electron chi connectivity index (χ2n) is 5.03. The molecule has 1 fully saturated rings. The van der Waals surface area contributed by atoms with Crippen molar-refractivity contribution in [3.05, 3.63) is 48.0 Å². The Kier molecular flexibility index (Phi) is 4.61. The predicted octanol–water partition coefficient (Wildman–Crippen LogP) is 3.61. The maximum absolute atomic E-state index is 11.8. The third-order valence-corrected chi connectivity index (χ3v) is 3.51. The van der Waals surface area contributed by atoms with Gasteiger partial charge in [-0.2, -0.15) is 0 Å². The zero-order chi connectivity index (χ0) is 13.7. The van der Waals surface area contributed by atoms with Crippen molar-refractivity contribution in [1.29, 1.82) is 0 Å². The van der Waals surface area contributed by atoms with Crippen LogP contribution >= 0.6 is 0 Å². The number of nitrogens with zero attached hydrogens (tertiary/aromatic N) is 1. The van der Waals surface area contributed by atoms with Gasteiger partial charge in [0.2, 0.25) is 0 Å². The van der Waals surface area contributed by atoms with Crippen LogP contribution in [0.1, 0.15) is 25.8 Å². The molecule has 1 heterocycles. The Labute approximate surface area is 114 Å². The largest absolute Gasteiger partial charge is 0.447 e. The highest BCUT2D eigenvalue weighted by atomic mass is 16.6. The van der Waals surface area contributed by atoms with Crippen LogP contribution in [0.2, 0.25) is 0 Å². The summed E-state index contributed by atoms with van der Waals surface area (Å²) < 4.78 is 5.15. The summed E-state index contributed by atoms with van der Waals surface area (Å²) in [5.74, 6) is 0.536. The van der Waals surface area contributed by atoms with Crippen molar-refractivity contribution in [2.75, 3.05) is 6.61 Å². The van der Waals surface area contributed by atoms with E-state index in [0.29, 0.717) is 19.1 Å². The van der Waals surface area contributed by atoms with E-state index < -0.39 is 0 Å². The summed E-state index contributed by atoms with van der Waals surface area (Å²) in [6.07, 6.45) is 5.16. The van der Waals surface area contributed by atoms with Gasteiger partial charge in [-0.1, -0.05) is 62.8 Å². The first-order valence-electron chi connectivity index (χ1n) is 6.86. The molecule has 1 aromatic rings. The number of hydrogen-bond acceptors (Lipinski definition) is 2. The van der Waals surface area contributed by atoms with Crippen molar-refractivity contribution in [1.82, 2.24) is 4.90 Å². The van der Waals surface area contributed by atoms with Crippen LogP contribution in [0.5, 0.6) is 0 Å². The van der Waals surface area contributed by atoms with E-state index in [2.05, 4.69) is 26.0 Å². The van der Waals surface area contributed by atoms with Gasteiger partial charge < -0.3 is 4.74 Å². The number of carbonyl (C=O) groups excluding carboxylic acids is 1. The molecule has 0 unspecified atom stereocenters. The molecule has 1 aromatic carbocycles. The first-order valence-corrected chi connectivity index (χ1v) is 6.86. The summed E-state index contributed by atoms with van der Waals surface area (Å²) >= 11 is 0. The Morgan fingerprint density at radius 1 is 1.42 bits per heavy atom. The highest BCUT2D eigenvalue weighted by molar-refractivity contribution is 5.70. The fourth-order valence-electron chi connectivity index (χ4n) is 2.04. The van der Waals surface area contributed by atoms with E-state index in [-0.39, 0.29) is 12.1 Å². The van der Waals surface area contributed by atoms with Crippen molar-refractivity contribution >= 4 is 6.09 Å². The van der Waals surface area contributed by atoms with Crippen molar-refractivity contribution in [2.24, 2.45) is 5.92 Å². The molecule has 2 rings (SSSR count). The van der Waals surface area contributed by atoms with Gasteiger partial charge in [0.25, 0.3) is 0 Å². The monoisotopic (exact) mass is 259 g/mol. The maximum Gasteiger partial charge on any atom is 0.410 e. The molecule has 1 aliphatic rings. The molecule has 3 nitrogen and oxygen atoms in total. The number of hydrogen-bond donors (Lipinski definition) is 0. The minimum absolute atomic E-state index is 0.0571. The van der Waals surface area contributed by atoms with Gasteiger partial charge >= 0.3 is 6.09 Å². The Balaban J connectivity index is 2.03. The van der Waals surface area contributed by atoms with Gasteiger partial charge in [0, 0.05) is 6.54 Å². The van der Waals surface area contributed by atoms with Crippen LogP contribution in [0.25, 0.3) is 0 Å². The molecule has 0 bridgehead atoms. The van der Waals surface area contributed by atoms with Gasteiger partial charge in [-0.05, 0) is 11.5 Å². The van der Waals surface area contributed by atoms with Gasteiger partial charge in [-0.25, -0.2) is 4.79 Å². The Morgan fingerprint density at radius 3 is 2.84 bits per heavy atom. The molecule has 0 aliphatic carbocycles. The Hall–Kier alpha value is -1.77. The summed E-state index contributed by atoms with van der Waals surface area (Å²) in [6, 6.07) is 10.1. The summed E-state index contributed by atoms with van der Waals surface area (Å²) in [7, 11) is 0. The molecule has 102 valence electrons. The molecule has 2 atom stereocenters. The summed E-state index contributed by atoms with van der Waals surface area (Å²) in [5.41, 5.74) is 1.13. The van der Waals surface area contributed by atoms with Crippen molar-refractivity contribution in [2.45, 2.75) is 32.9 Å². The SMILES string of the molecule is CC[C@H](C)/C=C/[C@H]1COC(=O)N1Cc1ccccc1. The molecule has 1 aliphatic heterocycles. The van der Waals surface area contributed by atoms with Crippen LogP contribution in [-0.4, -0.2) is 23.6 Å². The van der Waals surface area contributed by atoms with Gasteiger partial charge in [-0.3, -0.25) is 4.90 Å². The second kappa shape index (κ2) is 6.41. The average Bonchev–Trinajstić information content (AvgIpc) is 2.78. The van der Waals surface area contributed by atoms with Crippen LogP contribution in [0.4, 0.5) is 4.79 Å². The lowest BCUT2D eigenvalue weighted by molar-refractivity contribution is 0.156. The first kappa shape index (κ1) is 13.7. The predicted molar refractivity (Wildman–Crippen MR) is 75.7 cm³/mol.